The number of fused-ring (bicyclic) bond motifs is 1. The average Bonchev–Trinajstić information content (AvgIpc) is 3.18. The van der Waals surface area contributed by atoms with Crippen molar-refractivity contribution < 1.29 is 4.79 Å². The lowest BCUT2D eigenvalue weighted by Crippen LogP contribution is -2.13. The van der Waals surface area contributed by atoms with E-state index >= 15 is 0 Å². The second-order valence-electron chi connectivity index (χ2n) is 4.58. The van der Waals surface area contributed by atoms with Crippen molar-refractivity contribution in [3.63, 3.8) is 0 Å². The molecule has 2 aromatic carbocycles. The van der Waals surface area contributed by atoms with E-state index < -0.39 is 5.41 Å². The minimum atomic E-state index is -0.720. The summed E-state index contributed by atoms with van der Waals surface area (Å²) >= 11 is 0. The molecule has 0 aromatic heterocycles. The van der Waals surface area contributed by atoms with E-state index in [1.807, 2.05) is 42.5 Å². The number of carbonyl (C=O) groups is 1. The van der Waals surface area contributed by atoms with E-state index in [0.29, 0.717) is 18.4 Å². The quantitative estimate of drug-likeness (QED) is 0.730. The fraction of sp³-hybridized carbons (Fsp3) is 0.200. The zero-order valence-corrected chi connectivity index (χ0v) is 9.31. The number of nitrogens with zero attached hydrogens (tertiary/aromatic N) is 1. The van der Waals surface area contributed by atoms with Gasteiger partial charge in [0.2, 0.25) is 0 Å². The molecule has 0 amide bonds. The Morgan fingerprint density at radius 2 is 1.82 bits per heavy atom. The molecule has 0 heterocycles. The monoisotopic (exact) mass is 221 g/mol. The van der Waals surface area contributed by atoms with Gasteiger partial charge in [0, 0.05) is 5.56 Å². The van der Waals surface area contributed by atoms with E-state index in [-0.39, 0.29) is 5.78 Å². The molecular formula is C15H11NO. The molecule has 0 unspecified atom stereocenters. The molecule has 2 nitrogen and oxygen atoms in total. The molecule has 3 rings (SSSR count). The largest absolute Gasteiger partial charge is 0.292 e. The fourth-order valence-corrected chi connectivity index (χ4v) is 2.12. The van der Waals surface area contributed by atoms with E-state index in [2.05, 4.69) is 6.07 Å². The Bertz CT molecular complexity index is 647. The van der Waals surface area contributed by atoms with Gasteiger partial charge < -0.3 is 0 Å². The molecule has 0 atom stereocenters. The zero-order chi connectivity index (χ0) is 11.9. The molecule has 82 valence electrons. The van der Waals surface area contributed by atoms with Crippen molar-refractivity contribution >= 4 is 16.6 Å². The first kappa shape index (κ1) is 10.0. The molecular weight excluding hydrogens is 210 g/mol. The van der Waals surface area contributed by atoms with E-state index in [9.17, 15) is 4.79 Å². The maximum absolute atomic E-state index is 12.2. The van der Waals surface area contributed by atoms with E-state index in [1.54, 1.807) is 0 Å². The minimum Gasteiger partial charge on any atom is -0.292 e. The second kappa shape index (κ2) is 3.43. The summed E-state index contributed by atoms with van der Waals surface area (Å²) in [4.78, 5) is 12.2. The molecule has 2 aromatic rings. The normalized spacial score (nSPS) is 16.4. The molecule has 17 heavy (non-hydrogen) atoms. The zero-order valence-electron chi connectivity index (χ0n) is 9.31. The molecule has 1 aliphatic carbocycles. The van der Waals surface area contributed by atoms with Crippen molar-refractivity contribution in [2.75, 3.05) is 0 Å². The molecule has 2 heteroatoms. The Balaban J connectivity index is 2.07. The molecule has 1 fully saturated rings. The van der Waals surface area contributed by atoms with Gasteiger partial charge >= 0.3 is 0 Å². The van der Waals surface area contributed by atoms with Gasteiger partial charge in [-0.15, -0.1) is 0 Å². The highest BCUT2D eigenvalue weighted by Gasteiger charge is 2.50. The molecule has 1 aliphatic rings. The highest BCUT2D eigenvalue weighted by Crippen LogP contribution is 2.47. The predicted molar refractivity (Wildman–Crippen MR) is 65.6 cm³/mol. The number of nitriles is 1. The smallest absolute Gasteiger partial charge is 0.183 e. The first-order valence-electron chi connectivity index (χ1n) is 5.70. The Labute approximate surface area is 99.5 Å². The van der Waals surface area contributed by atoms with Crippen LogP contribution in [0.4, 0.5) is 0 Å². The number of Topliss-reactive ketones (excluding diaryl/α,β-unsaturated/α-hetero) is 1. The van der Waals surface area contributed by atoms with E-state index in [4.69, 9.17) is 5.26 Å². The van der Waals surface area contributed by atoms with Gasteiger partial charge in [0.1, 0.15) is 5.41 Å². The van der Waals surface area contributed by atoms with Crippen LogP contribution in [-0.2, 0) is 0 Å². The minimum absolute atomic E-state index is 0.0225. The van der Waals surface area contributed by atoms with Crippen molar-refractivity contribution in [1.29, 1.82) is 5.26 Å². The molecule has 0 saturated heterocycles. The maximum atomic E-state index is 12.2. The van der Waals surface area contributed by atoms with Crippen molar-refractivity contribution in [2.24, 2.45) is 5.41 Å². The summed E-state index contributed by atoms with van der Waals surface area (Å²) in [5.41, 5.74) is -0.0645. The molecule has 0 spiro atoms. The van der Waals surface area contributed by atoms with Crippen LogP contribution in [0.5, 0.6) is 0 Å². The first-order valence-corrected chi connectivity index (χ1v) is 5.70. The highest BCUT2D eigenvalue weighted by molar-refractivity contribution is 6.06. The van der Waals surface area contributed by atoms with Crippen LogP contribution in [0.3, 0.4) is 0 Å². The number of ketones is 1. The van der Waals surface area contributed by atoms with Crippen LogP contribution in [0.1, 0.15) is 23.2 Å². The van der Waals surface area contributed by atoms with Crippen LogP contribution in [0.2, 0.25) is 0 Å². The lowest BCUT2D eigenvalue weighted by molar-refractivity contribution is 0.0935. The highest BCUT2D eigenvalue weighted by atomic mass is 16.1. The number of rotatable bonds is 2. The number of hydrogen-bond acceptors (Lipinski definition) is 2. The number of benzene rings is 2. The Kier molecular flexibility index (Phi) is 2.02. The Hall–Kier alpha value is -2.14. The Morgan fingerprint density at radius 3 is 2.47 bits per heavy atom. The van der Waals surface area contributed by atoms with Gasteiger partial charge in [-0.25, -0.2) is 0 Å². The van der Waals surface area contributed by atoms with E-state index in [0.717, 1.165) is 10.8 Å². The van der Waals surface area contributed by atoms with Gasteiger partial charge in [0.15, 0.2) is 5.78 Å². The third-order valence-corrected chi connectivity index (χ3v) is 3.41. The van der Waals surface area contributed by atoms with Crippen LogP contribution >= 0.6 is 0 Å². The van der Waals surface area contributed by atoms with Crippen molar-refractivity contribution in [1.82, 2.24) is 0 Å². The van der Waals surface area contributed by atoms with Crippen LogP contribution < -0.4 is 0 Å². The molecule has 0 N–H and O–H groups in total. The maximum Gasteiger partial charge on any atom is 0.183 e. The lowest BCUT2D eigenvalue weighted by atomic mass is 9.94. The van der Waals surface area contributed by atoms with Crippen LogP contribution in [0.15, 0.2) is 42.5 Å². The Morgan fingerprint density at radius 1 is 1.12 bits per heavy atom. The SMILES string of the molecule is N#CC1(C(=O)c2ccc3ccccc3c2)CC1. The van der Waals surface area contributed by atoms with Crippen LogP contribution in [0, 0.1) is 16.7 Å². The van der Waals surface area contributed by atoms with Crippen LogP contribution in [0.25, 0.3) is 10.8 Å². The number of hydrogen-bond donors (Lipinski definition) is 0. The topological polar surface area (TPSA) is 40.9 Å². The van der Waals surface area contributed by atoms with Gasteiger partial charge in [0.25, 0.3) is 0 Å². The fourth-order valence-electron chi connectivity index (χ4n) is 2.12. The average molecular weight is 221 g/mol. The first-order chi connectivity index (χ1) is 8.25. The molecule has 0 radical (unpaired) electrons. The summed E-state index contributed by atoms with van der Waals surface area (Å²) in [5, 5.41) is 11.2. The molecule has 0 bridgehead atoms. The van der Waals surface area contributed by atoms with Crippen LogP contribution in [-0.4, -0.2) is 5.78 Å². The molecule has 1 saturated carbocycles. The standard InChI is InChI=1S/C15H11NO/c16-10-15(7-8-15)14(17)13-6-5-11-3-1-2-4-12(11)9-13/h1-6,9H,7-8H2. The van der Waals surface area contributed by atoms with Gasteiger partial charge in [-0.1, -0.05) is 36.4 Å². The van der Waals surface area contributed by atoms with Crippen molar-refractivity contribution in [2.45, 2.75) is 12.8 Å². The summed E-state index contributed by atoms with van der Waals surface area (Å²) < 4.78 is 0. The summed E-state index contributed by atoms with van der Waals surface area (Å²) in [7, 11) is 0. The summed E-state index contributed by atoms with van der Waals surface area (Å²) in [5.74, 6) is -0.0225. The summed E-state index contributed by atoms with van der Waals surface area (Å²) in [6.07, 6.45) is 1.41. The van der Waals surface area contributed by atoms with E-state index in [1.165, 1.54) is 0 Å². The van der Waals surface area contributed by atoms with Crippen molar-refractivity contribution in [3.05, 3.63) is 48.0 Å². The van der Waals surface area contributed by atoms with Gasteiger partial charge in [-0.05, 0) is 29.7 Å². The second-order valence-corrected chi connectivity index (χ2v) is 4.58. The summed E-state index contributed by atoms with van der Waals surface area (Å²) in [6.45, 7) is 0. The third kappa shape index (κ3) is 1.52. The predicted octanol–water partition coefficient (Wildman–Crippen LogP) is 3.33. The van der Waals surface area contributed by atoms with Gasteiger partial charge in [-0.3, -0.25) is 4.79 Å². The number of carbonyl (C=O) groups excluding carboxylic acids is 1. The van der Waals surface area contributed by atoms with Gasteiger partial charge in [-0.2, -0.15) is 5.26 Å². The lowest BCUT2D eigenvalue weighted by Gasteiger charge is -2.06. The third-order valence-electron chi connectivity index (χ3n) is 3.41. The van der Waals surface area contributed by atoms with Gasteiger partial charge in [0.05, 0.1) is 6.07 Å². The molecule has 0 aliphatic heterocycles. The van der Waals surface area contributed by atoms with Crippen molar-refractivity contribution in [3.8, 4) is 6.07 Å². The summed E-state index contributed by atoms with van der Waals surface area (Å²) in [6, 6.07) is 15.7.